The minimum atomic E-state index is -0.0627. The van der Waals surface area contributed by atoms with E-state index >= 15 is 0 Å². The molecule has 5 rings (SSSR count). The molecule has 0 unspecified atom stereocenters. The number of hydrogen-bond donors (Lipinski definition) is 0. The Kier molecular flexibility index (Phi) is 5.29. The number of amides is 1. The Morgan fingerprint density at radius 1 is 1.10 bits per heavy atom. The number of carbonyl (C=O) groups is 1. The van der Waals surface area contributed by atoms with E-state index < -0.39 is 0 Å². The van der Waals surface area contributed by atoms with Crippen molar-refractivity contribution in [3.8, 4) is 11.4 Å². The van der Waals surface area contributed by atoms with Crippen molar-refractivity contribution < 1.29 is 13.8 Å². The topological polar surface area (TPSA) is 98.2 Å². The zero-order valence-electron chi connectivity index (χ0n) is 17.8. The van der Waals surface area contributed by atoms with Crippen LogP contribution in [0.2, 0.25) is 0 Å². The molecular weight excluding hydrogens is 394 g/mol. The normalized spacial score (nSPS) is 18.3. The second-order valence-electron chi connectivity index (χ2n) is 8.82. The maximum Gasteiger partial charge on any atom is 0.227 e. The number of aromatic nitrogens is 4. The lowest BCUT2D eigenvalue weighted by Crippen LogP contribution is -2.46. The molecule has 0 atom stereocenters. The molecule has 0 radical (unpaired) electrons. The third-order valence-corrected chi connectivity index (χ3v) is 6.50. The molecule has 1 amide bonds. The van der Waals surface area contributed by atoms with Gasteiger partial charge in [0.1, 0.15) is 0 Å². The van der Waals surface area contributed by atoms with Crippen LogP contribution in [0.3, 0.4) is 0 Å². The summed E-state index contributed by atoms with van der Waals surface area (Å²) < 4.78 is 10.6. The number of likely N-dealkylation sites (tertiary alicyclic amines) is 1. The molecule has 8 heteroatoms. The summed E-state index contributed by atoms with van der Waals surface area (Å²) in [6.45, 7) is 3.27. The molecule has 1 saturated carbocycles. The molecule has 8 nitrogen and oxygen atoms in total. The van der Waals surface area contributed by atoms with Gasteiger partial charge in [0.15, 0.2) is 5.82 Å². The van der Waals surface area contributed by atoms with Crippen LogP contribution < -0.4 is 0 Å². The van der Waals surface area contributed by atoms with Crippen molar-refractivity contribution in [3.05, 3.63) is 47.9 Å². The van der Waals surface area contributed by atoms with Crippen molar-refractivity contribution in [2.45, 2.75) is 57.3 Å². The van der Waals surface area contributed by atoms with E-state index in [9.17, 15) is 4.79 Å². The van der Waals surface area contributed by atoms with Gasteiger partial charge in [-0.2, -0.15) is 9.97 Å². The fourth-order valence-corrected chi connectivity index (χ4v) is 4.53. The predicted octanol–water partition coefficient (Wildman–Crippen LogP) is 3.72. The zero-order valence-corrected chi connectivity index (χ0v) is 17.8. The molecule has 3 aromatic rings. The van der Waals surface area contributed by atoms with Crippen molar-refractivity contribution in [1.29, 1.82) is 0 Å². The van der Waals surface area contributed by atoms with Crippen molar-refractivity contribution >= 4 is 5.91 Å². The predicted molar refractivity (Wildman–Crippen MR) is 112 cm³/mol. The first-order valence-corrected chi connectivity index (χ1v) is 11.1. The van der Waals surface area contributed by atoms with E-state index in [-0.39, 0.29) is 11.3 Å². The molecule has 0 spiro atoms. The van der Waals surface area contributed by atoms with Gasteiger partial charge in [-0.15, -0.1) is 0 Å². The van der Waals surface area contributed by atoms with Crippen molar-refractivity contribution in [2.24, 2.45) is 5.92 Å². The van der Waals surface area contributed by atoms with E-state index in [4.69, 9.17) is 9.05 Å². The zero-order chi connectivity index (χ0) is 21.3. The molecule has 1 saturated heterocycles. The number of carbonyl (C=O) groups excluding carboxylic acids is 1. The van der Waals surface area contributed by atoms with Gasteiger partial charge in [-0.25, -0.2) is 0 Å². The van der Waals surface area contributed by atoms with Crippen LogP contribution in [0.1, 0.15) is 56.1 Å². The highest BCUT2D eigenvalue weighted by molar-refractivity contribution is 5.76. The van der Waals surface area contributed by atoms with Gasteiger partial charge in [-0.3, -0.25) is 4.79 Å². The van der Waals surface area contributed by atoms with E-state index in [0.29, 0.717) is 30.4 Å². The Morgan fingerprint density at radius 3 is 2.55 bits per heavy atom. The van der Waals surface area contributed by atoms with Gasteiger partial charge >= 0.3 is 0 Å². The number of piperidine rings is 1. The van der Waals surface area contributed by atoms with E-state index in [1.165, 1.54) is 12.8 Å². The molecule has 0 bridgehead atoms. The summed E-state index contributed by atoms with van der Waals surface area (Å²) >= 11 is 0. The third kappa shape index (κ3) is 4.38. The SMILES string of the molecule is Cc1nc(C2(CC3CC3)CCN(C(=O)CCc3nc(-c4ccccc4)no3)CC2)no1. The lowest BCUT2D eigenvalue weighted by atomic mass is 9.73. The molecule has 1 aliphatic carbocycles. The van der Waals surface area contributed by atoms with Gasteiger partial charge in [-0.05, 0) is 25.2 Å². The van der Waals surface area contributed by atoms with Gasteiger partial charge in [-0.1, -0.05) is 53.5 Å². The second-order valence-corrected chi connectivity index (χ2v) is 8.82. The van der Waals surface area contributed by atoms with Crippen molar-refractivity contribution in [1.82, 2.24) is 25.2 Å². The Bertz CT molecular complexity index is 1030. The Morgan fingerprint density at radius 2 is 1.87 bits per heavy atom. The smallest absolute Gasteiger partial charge is 0.227 e. The minimum Gasteiger partial charge on any atom is -0.343 e. The van der Waals surface area contributed by atoms with Crippen molar-refractivity contribution in [2.75, 3.05) is 13.1 Å². The second kappa shape index (κ2) is 8.24. The molecule has 31 heavy (non-hydrogen) atoms. The van der Waals surface area contributed by atoms with E-state index in [1.807, 2.05) is 42.2 Å². The van der Waals surface area contributed by atoms with E-state index in [2.05, 4.69) is 20.3 Å². The van der Waals surface area contributed by atoms with Gasteiger partial charge in [0.25, 0.3) is 0 Å². The maximum atomic E-state index is 12.8. The van der Waals surface area contributed by atoms with Crippen molar-refractivity contribution in [3.63, 3.8) is 0 Å². The summed E-state index contributed by atoms with van der Waals surface area (Å²) in [5.74, 6) is 3.37. The monoisotopic (exact) mass is 421 g/mol. The highest BCUT2D eigenvalue weighted by Gasteiger charge is 2.44. The van der Waals surface area contributed by atoms with Gasteiger partial charge < -0.3 is 13.9 Å². The Hall–Kier alpha value is -3.03. The molecule has 2 aliphatic rings. The number of aryl methyl sites for hydroxylation is 2. The fourth-order valence-electron chi connectivity index (χ4n) is 4.53. The Balaban J connectivity index is 1.18. The first-order chi connectivity index (χ1) is 15.1. The Labute approximate surface area is 181 Å². The standard InChI is InChI=1S/C23H27N5O3/c1-16-24-22(27-30-16)23(15-17-7-8-17)11-13-28(14-12-23)20(29)10-9-19-25-21(26-31-19)18-5-3-2-4-6-18/h2-6,17H,7-15H2,1H3. The number of benzene rings is 1. The first kappa shape index (κ1) is 19.9. The van der Waals surface area contributed by atoms with Crippen LogP contribution in [-0.4, -0.2) is 44.2 Å². The first-order valence-electron chi connectivity index (χ1n) is 11.1. The summed E-state index contributed by atoms with van der Waals surface area (Å²) in [5, 5.41) is 8.28. The number of rotatable bonds is 7. The van der Waals surface area contributed by atoms with Crippen LogP contribution in [0.5, 0.6) is 0 Å². The number of nitrogens with zero attached hydrogens (tertiary/aromatic N) is 5. The summed E-state index contributed by atoms with van der Waals surface area (Å²) in [6.07, 6.45) is 6.25. The lowest BCUT2D eigenvalue weighted by Gasteiger charge is -2.40. The highest BCUT2D eigenvalue weighted by atomic mass is 16.5. The van der Waals surface area contributed by atoms with Crippen LogP contribution in [0, 0.1) is 12.8 Å². The van der Waals surface area contributed by atoms with Gasteiger partial charge in [0, 0.05) is 43.8 Å². The quantitative estimate of drug-likeness (QED) is 0.573. The van der Waals surface area contributed by atoms with Crippen LogP contribution >= 0.6 is 0 Å². The molecular formula is C23H27N5O3. The van der Waals surface area contributed by atoms with E-state index in [0.717, 1.165) is 49.7 Å². The molecule has 3 heterocycles. The number of hydrogen-bond acceptors (Lipinski definition) is 7. The molecule has 162 valence electrons. The summed E-state index contributed by atoms with van der Waals surface area (Å²) in [5.41, 5.74) is 0.843. The average molecular weight is 422 g/mol. The van der Waals surface area contributed by atoms with Crippen LogP contribution in [0.4, 0.5) is 0 Å². The summed E-state index contributed by atoms with van der Waals surface area (Å²) in [4.78, 5) is 23.8. The van der Waals surface area contributed by atoms with Crippen LogP contribution in [-0.2, 0) is 16.6 Å². The maximum absolute atomic E-state index is 12.8. The largest absolute Gasteiger partial charge is 0.343 e. The van der Waals surface area contributed by atoms with Crippen LogP contribution in [0.25, 0.3) is 11.4 Å². The van der Waals surface area contributed by atoms with Gasteiger partial charge in [0.05, 0.1) is 0 Å². The summed E-state index contributed by atoms with van der Waals surface area (Å²) in [7, 11) is 0. The molecule has 1 aromatic carbocycles. The molecule has 2 aromatic heterocycles. The summed E-state index contributed by atoms with van der Waals surface area (Å²) in [6, 6.07) is 9.69. The molecule has 2 fully saturated rings. The highest BCUT2D eigenvalue weighted by Crippen LogP contribution is 2.46. The van der Waals surface area contributed by atoms with Crippen LogP contribution in [0.15, 0.2) is 39.4 Å². The van der Waals surface area contributed by atoms with Gasteiger partial charge in [0.2, 0.25) is 23.5 Å². The lowest BCUT2D eigenvalue weighted by molar-refractivity contribution is -0.133. The average Bonchev–Trinajstić information content (AvgIpc) is 3.29. The fraction of sp³-hybridized carbons (Fsp3) is 0.522. The molecule has 0 N–H and O–H groups in total. The minimum absolute atomic E-state index is 0.0627. The third-order valence-electron chi connectivity index (χ3n) is 6.50. The molecule has 1 aliphatic heterocycles. The van der Waals surface area contributed by atoms with E-state index in [1.54, 1.807) is 0 Å².